The van der Waals surface area contributed by atoms with Crippen molar-refractivity contribution in [3.05, 3.63) is 48.0 Å². The molecule has 1 atom stereocenters. The van der Waals surface area contributed by atoms with E-state index < -0.39 is 10.0 Å². The highest BCUT2D eigenvalue weighted by Crippen LogP contribution is 2.41. The summed E-state index contributed by atoms with van der Waals surface area (Å²) in [4.78, 5) is 2.51. The van der Waals surface area contributed by atoms with Crippen LogP contribution in [0.15, 0.2) is 42.5 Å². The van der Waals surface area contributed by atoms with Crippen LogP contribution in [-0.4, -0.2) is 49.9 Å². The van der Waals surface area contributed by atoms with Crippen LogP contribution in [0.3, 0.4) is 0 Å². The van der Waals surface area contributed by atoms with Gasteiger partial charge < -0.3 is 4.74 Å². The largest absolute Gasteiger partial charge is 0.370 e. The molecule has 1 spiro atoms. The van der Waals surface area contributed by atoms with Crippen LogP contribution in [-0.2, 0) is 21.3 Å². The first-order chi connectivity index (χ1) is 13.5. The molecule has 2 aromatic carbocycles. The Morgan fingerprint density at radius 2 is 1.79 bits per heavy atom. The minimum Gasteiger partial charge on any atom is -0.370 e. The van der Waals surface area contributed by atoms with E-state index in [0.29, 0.717) is 6.54 Å². The number of hydrogen-bond donors (Lipinski definition) is 1. The second kappa shape index (κ2) is 7.10. The number of sulfonamides is 1. The first-order valence-electron chi connectivity index (χ1n) is 10.4. The van der Waals surface area contributed by atoms with E-state index in [9.17, 15) is 8.42 Å². The van der Waals surface area contributed by atoms with Gasteiger partial charge in [-0.15, -0.1) is 0 Å². The second-order valence-electron chi connectivity index (χ2n) is 8.63. The molecule has 5 nitrogen and oxygen atoms in total. The summed E-state index contributed by atoms with van der Waals surface area (Å²) in [5.41, 5.74) is 1.36. The fourth-order valence-electron chi connectivity index (χ4n) is 4.69. The Hall–Kier alpha value is -1.47. The van der Waals surface area contributed by atoms with E-state index in [-0.39, 0.29) is 17.0 Å². The lowest BCUT2D eigenvalue weighted by Crippen LogP contribution is -2.59. The molecule has 1 aliphatic carbocycles. The van der Waals surface area contributed by atoms with Gasteiger partial charge in [0.2, 0.25) is 10.0 Å². The van der Waals surface area contributed by atoms with Crippen molar-refractivity contribution in [3.63, 3.8) is 0 Å². The van der Waals surface area contributed by atoms with Crippen molar-refractivity contribution in [2.75, 3.05) is 19.6 Å². The fraction of sp³-hybridized carbons (Fsp3) is 0.545. The third-order valence-corrected chi connectivity index (χ3v) is 8.45. The first-order valence-corrected chi connectivity index (χ1v) is 11.9. The zero-order chi connectivity index (χ0) is 19.2. The van der Waals surface area contributed by atoms with Crippen molar-refractivity contribution < 1.29 is 13.2 Å². The van der Waals surface area contributed by atoms with Crippen molar-refractivity contribution in [1.29, 1.82) is 0 Å². The first kappa shape index (κ1) is 18.6. The summed E-state index contributed by atoms with van der Waals surface area (Å²) in [6.07, 6.45) is 4.68. The Morgan fingerprint density at radius 3 is 2.54 bits per heavy atom. The Labute approximate surface area is 167 Å². The van der Waals surface area contributed by atoms with Crippen LogP contribution in [0.4, 0.5) is 0 Å². The monoisotopic (exact) mass is 400 g/mol. The number of likely N-dealkylation sites (tertiary alicyclic amines) is 1. The molecule has 1 saturated carbocycles. The summed E-state index contributed by atoms with van der Waals surface area (Å²) in [6.45, 7) is 3.47. The Kier molecular flexibility index (Phi) is 4.70. The van der Waals surface area contributed by atoms with Gasteiger partial charge in [-0.1, -0.05) is 42.5 Å². The molecular weight excluding hydrogens is 372 g/mol. The molecule has 2 aromatic rings. The van der Waals surface area contributed by atoms with E-state index in [1.165, 1.54) is 16.3 Å². The van der Waals surface area contributed by atoms with Crippen molar-refractivity contribution in [2.24, 2.45) is 0 Å². The minimum absolute atomic E-state index is 0.0229. The van der Waals surface area contributed by atoms with Crippen molar-refractivity contribution in [2.45, 2.75) is 55.6 Å². The molecule has 2 saturated heterocycles. The molecule has 0 unspecified atom stereocenters. The number of fused-ring (bicyclic) bond motifs is 1. The molecule has 150 valence electrons. The highest BCUT2D eigenvalue weighted by Gasteiger charge is 2.47. The van der Waals surface area contributed by atoms with Crippen LogP contribution in [0.5, 0.6) is 0 Å². The van der Waals surface area contributed by atoms with Gasteiger partial charge in [0.25, 0.3) is 0 Å². The molecule has 3 aliphatic rings. The quantitative estimate of drug-likeness (QED) is 0.810. The molecule has 1 N–H and O–H groups in total. The normalized spacial score (nSPS) is 25.1. The SMILES string of the molecule is O=S(=O)(NC[C@@H]1CC2(CCN(Cc3cccc4ccccc34)CC2)O1)C1CC1. The number of benzene rings is 2. The molecule has 28 heavy (non-hydrogen) atoms. The maximum atomic E-state index is 11.9. The zero-order valence-electron chi connectivity index (χ0n) is 16.1. The number of nitrogens with one attached hydrogen (secondary N) is 1. The number of piperidine rings is 1. The van der Waals surface area contributed by atoms with Gasteiger partial charge in [-0.25, -0.2) is 13.1 Å². The average Bonchev–Trinajstić information content (AvgIpc) is 3.52. The molecule has 3 fully saturated rings. The van der Waals surface area contributed by atoms with Crippen LogP contribution in [0, 0.1) is 0 Å². The fourth-order valence-corrected chi connectivity index (χ4v) is 6.10. The summed E-state index contributed by atoms with van der Waals surface area (Å²) in [5.74, 6) is 0. The number of hydrogen-bond acceptors (Lipinski definition) is 4. The topological polar surface area (TPSA) is 58.6 Å². The van der Waals surface area contributed by atoms with Gasteiger partial charge >= 0.3 is 0 Å². The smallest absolute Gasteiger partial charge is 0.214 e. The van der Waals surface area contributed by atoms with Crippen LogP contribution in [0.1, 0.15) is 37.7 Å². The van der Waals surface area contributed by atoms with E-state index in [1.54, 1.807) is 0 Å². The van der Waals surface area contributed by atoms with Gasteiger partial charge in [0.05, 0.1) is 17.0 Å². The Bertz CT molecular complexity index is 949. The lowest BCUT2D eigenvalue weighted by atomic mass is 9.80. The summed E-state index contributed by atoms with van der Waals surface area (Å²) in [6, 6.07) is 15.1. The van der Waals surface area contributed by atoms with E-state index in [1.807, 2.05) is 0 Å². The van der Waals surface area contributed by atoms with Gasteiger partial charge in [0, 0.05) is 32.6 Å². The Morgan fingerprint density at radius 1 is 1.07 bits per heavy atom. The highest BCUT2D eigenvalue weighted by molar-refractivity contribution is 7.90. The second-order valence-corrected chi connectivity index (χ2v) is 10.7. The predicted molar refractivity (Wildman–Crippen MR) is 111 cm³/mol. The third-order valence-electron chi connectivity index (χ3n) is 6.53. The molecule has 0 aromatic heterocycles. The zero-order valence-corrected chi connectivity index (χ0v) is 17.0. The molecule has 0 radical (unpaired) electrons. The maximum absolute atomic E-state index is 11.9. The van der Waals surface area contributed by atoms with Crippen molar-refractivity contribution in [3.8, 4) is 0 Å². The lowest BCUT2D eigenvalue weighted by molar-refractivity contribution is -0.222. The minimum atomic E-state index is -3.10. The summed E-state index contributed by atoms with van der Waals surface area (Å²) >= 11 is 0. The van der Waals surface area contributed by atoms with Gasteiger partial charge in [-0.05, 0) is 42.0 Å². The maximum Gasteiger partial charge on any atom is 0.214 e. The van der Waals surface area contributed by atoms with Crippen molar-refractivity contribution >= 4 is 20.8 Å². The van der Waals surface area contributed by atoms with Gasteiger partial charge in [0.15, 0.2) is 0 Å². The standard InChI is InChI=1S/C22H28N2O3S/c25-28(26,20-8-9-20)23-15-19-14-22(27-19)10-12-24(13-11-22)16-18-6-3-5-17-4-1-2-7-21(17)18/h1-7,19-20,23H,8-16H2/t19-/m0/s1. The van der Waals surface area contributed by atoms with E-state index >= 15 is 0 Å². The van der Waals surface area contributed by atoms with Crippen molar-refractivity contribution in [1.82, 2.24) is 9.62 Å². The molecule has 5 rings (SSSR count). The molecule has 0 amide bonds. The van der Waals surface area contributed by atoms with Crippen LogP contribution >= 0.6 is 0 Å². The molecular formula is C22H28N2O3S. The van der Waals surface area contributed by atoms with Gasteiger partial charge in [-0.2, -0.15) is 0 Å². The average molecular weight is 401 g/mol. The summed E-state index contributed by atoms with van der Waals surface area (Å²) < 4.78 is 32.8. The number of ether oxygens (including phenoxy) is 1. The molecule has 2 aliphatic heterocycles. The molecule has 0 bridgehead atoms. The highest BCUT2D eigenvalue weighted by atomic mass is 32.2. The van der Waals surface area contributed by atoms with Crippen LogP contribution in [0.2, 0.25) is 0 Å². The van der Waals surface area contributed by atoms with Gasteiger partial charge in [0.1, 0.15) is 0 Å². The number of nitrogens with zero attached hydrogens (tertiary/aromatic N) is 1. The Balaban J connectivity index is 1.12. The third kappa shape index (κ3) is 3.71. The molecule has 2 heterocycles. The van der Waals surface area contributed by atoms with Crippen LogP contribution in [0.25, 0.3) is 10.8 Å². The lowest BCUT2D eigenvalue weighted by Gasteiger charge is -2.52. The molecule has 6 heteroatoms. The predicted octanol–water partition coefficient (Wildman–Crippen LogP) is 3.05. The number of rotatable bonds is 6. The van der Waals surface area contributed by atoms with Gasteiger partial charge in [-0.3, -0.25) is 4.90 Å². The van der Waals surface area contributed by atoms with E-state index in [4.69, 9.17) is 4.74 Å². The van der Waals surface area contributed by atoms with E-state index in [2.05, 4.69) is 52.1 Å². The van der Waals surface area contributed by atoms with E-state index in [0.717, 1.165) is 51.7 Å². The van der Waals surface area contributed by atoms with Crippen LogP contribution < -0.4 is 4.72 Å². The summed E-state index contributed by atoms with van der Waals surface area (Å²) in [7, 11) is -3.10. The summed E-state index contributed by atoms with van der Waals surface area (Å²) in [5, 5.41) is 2.49.